The maximum absolute atomic E-state index is 12.1. The fourth-order valence-electron chi connectivity index (χ4n) is 2.47. The van der Waals surface area contributed by atoms with E-state index < -0.39 is 64.9 Å². The molecule has 1 aliphatic rings. The molecule has 24 heavy (non-hydrogen) atoms. The van der Waals surface area contributed by atoms with Gasteiger partial charge in [-0.1, -0.05) is 0 Å². The van der Waals surface area contributed by atoms with Crippen LogP contribution in [0.5, 0.6) is 0 Å². The summed E-state index contributed by atoms with van der Waals surface area (Å²) in [5.74, 6) is -0.629. The third kappa shape index (κ3) is 2.57. The average Bonchev–Trinajstić information content (AvgIpc) is 2.87. The molecule has 0 unspecified atom stereocenters. The van der Waals surface area contributed by atoms with Crippen LogP contribution in [0.1, 0.15) is 6.23 Å². The van der Waals surface area contributed by atoms with Crippen molar-refractivity contribution in [3.63, 3.8) is 0 Å². The van der Waals surface area contributed by atoms with Crippen LogP contribution in [0.4, 0.5) is 11.5 Å². The molecule has 1 aliphatic heterocycles. The van der Waals surface area contributed by atoms with Crippen molar-refractivity contribution in [1.82, 2.24) is 9.13 Å². The van der Waals surface area contributed by atoms with Crippen LogP contribution in [0.25, 0.3) is 0 Å². The summed E-state index contributed by atoms with van der Waals surface area (Å²) in [7, 11) is 0.978. The first-order valence-corrected chi connectivity index (χ1v) is 6.73. The zero-order valence-electron chi connectivity index (χ0n) is 12.3. The highest BCUT2D eigenvalue weighted by Crippen LogP contribution is 2.32. The summed E-state index contributed by atoms with van der Waals surface area (Å²) in [6.45, 7) is -0.895. The fourth-order valence-corrected chi connectivity index (χ4v) is 2.47. The van der Waals surface area contributed by atoms with Crippen LogP contribution in [0.3, 0.4) is 0 Å². The molecule has 0 amide bonds. The summed E-state index contributed by atoms with van der Waals surface area (Å²) in [4.78, 5) is 34.0. The van der Waals surface area contributed by atoms with Gasteiger partial charge >= 0.3 is 16.9 Å². The number of rotatable bonds is 5. The third-order valence-corrected chi connectivity index (χ3v) is 3.84. The van der Waals surface area contributed by atoms with Gasteiger partial charge in [0.15, 0.2) is 12.0 Å². The number of aliphatic hydroxyl groups is 5. The highest BCUT2D eigenvalue weighted by molar-refractivity contribution is 5.58. The molecule has 134 valence electrons. The molecular weight excluding hydrogens is 332 g/mol. The van der Waals surface area contributed by atoms with E-state index in [1.807, 2.05) is 0 Å². The van der Waals surface area contributed by atoms with Gasteiger partial charge in [-0.25, -0.2) is 9.36 Å². The van der Waals surface area contributed by atoms with E-state index in [9.17, 15) is 40.1 Å². The summed E-state index contributed by atoms with van der Waals surface area (Å²) >= 11 is 0. The molecule has 0 aromatic carbocycles. The van der Waals surface area contributed by atoms with Crippen molar-refractivity contribution in [3.05, 3.63) is 31.0 Å². The van der Waals surface area contributed by atoms with Crippen molar-refractivity contribution < 1.29 is 30.5 Å². The van der Waals surface area contributed by atoms with Gasteiger partial charge in [-0.3, -0.25) is 19.5 Å². The van der Waals surface area contributed by atoms with Gasteiger partial charge in [0.25, 0.3) is 0 Å². The Morgan fingerprint density at radius 1 is 1.33 bits per heavy atom. The van der Waals surface area contributed by atoms with E-state index in [1.165, 1.54) is 0 Å². The van der Waals surface area contributed by atoms with Gasteiger partial charge in [-0.2, -0.15) is 0 Å². The third-order valence-electron chi connectivity index (χ3n) is 3.84. The lowest BCUT2D eigenvalue weighted by molar-refractivity contribution is -0.386. The molecule has 0 fully saturated rings. The lowest BCUT2D eigenvalue weighted by atomic mass is 10.0. The van der Waals surface area contributed by atoms with Crippen LogP contribution in [0, 0.1) is 10.1 Å². The first kappa shape index (κ1) is 18.0. The molecular formula is C11H16N4O9. The standard InChI is InChI=1S/C11H16N4O9/c1-13-10(21)5(15(23)24)8-12-4(9(20)14(8)11(13)22)7(19)6(18)3(17)2-16/h3-4,6-7,9,12,16-20H,2H2,1H3/t3-,4+,6-,7+,9-/m1/s1. The minimum atomic E-state index is -1.92. The minimum Gasteiger partial charge on any atom is -0.394 e. The molecule has 0 bridgehead atoms. The second kappa shape index (κ2) is 6.29. The van der Waals surface area contributed by atoms with Crippen molar-refractivity contribution in [2.45, 2.75) is 30.6 Å². The minimum absolute atomic E-state index is 0.417. The van der Waals surface area contributed by atoms with E-state index in [-0.39, 0.29) is 0 Å². The highest BCUT2D eigenvalue weighted by atomic mass is 16.6. The Morgan fingerprint density at radius 3 is 2.42 bits per heavy atom. The first-order valence-electron chi connectivity index (χ1n) is 6.73. The van der Waals surface area contributed by atoms with E-state index in [2.05, 4.69) is 5.32 Å². The van der Waals surface area contributed by atoms with Crippen LogP contribution in [0.2, 0.25) is 0 Å². The lowest BCUT2D eigenvalue weighted by Gasteiger charge is -2.27. The van der Waals surface area contributed by atoms with Gasteiger partial charge in [0.1, 0.15) is 24.4 Å². The second-order valence-corrected chi connectivity index (χ2v) is 5.29. The quantitative estimate of drug-likeness (QED) is 0.224. The summed E-state index contributed by atoms with van der Waals surface area (Å²) in [5, 5.41) is 61.3. The zero-order valence-corrected chi connectivity index (χ0v) is 12.3. The molecule has 0 saturated heterocycles. The largest absolute Gasteiger partial charge is 0.394 e. The molecule has 5 atom stereocenters. The first-order chi connectivity index (χ1) is 11.1. The lowest BCUT2D eigenvalue weighted by Crippen LogP contribution is -2.50. The van der Waals surface area contributed by atoms with Crippen LogP contribution >= 0.6 is 0 Å². The Balaban J connectivity index is 2.54. The Labute approximate surface area is 132 Å². The topological polar surface area (TPSA) is 200 Å². The van der Waals surface area contributed by atoms with Crippen molar-refractivity contribution in [3.8, 4) is 0 Å². The Hall–Kier alpha value is -2.32. The van der Waals surface area contributed by atoms with Crippen molar-refractivity contribution in [1.29, 1.82) is 0 Å². The van der Waals surface area contributed by atoms with Crippen molar-refractivity contribution in [2.75, 3.05) is 11.9 Å². The number of nitro groups is 1. The molecule has 2 rings (SSSR count). The van der Waals surface area contributed by atoms with Crippen LogP contribution in [-0.2, 0) is 7.05 Å². The monoisotopic (exact) mass is 348 g/mol. The highest BCUT2D eigenvalue weighted by Gasteiger charge is 2.45. The molecule has 13 heteroatoms. The molecule has 0 saturated carbocycles. The average molecular weight is 348 g/mol. The van der Waals surface area contributed by atoms with Crippen molar-refractivity contribution in [2.24, 2.45) is 7.05 Å². The molecule has 13 nitrogen and oxygen atoms in total. The number of anilines is 1. The molecule has 1 aromatic heterocycles. The van der Waals surface area contributed by atoms with Crippen LogP contribution < -0.4 is 16.6 Å². The summed E-state index contributed by atoms with van der Waals surface area (Å²) < 4.78 is 0.908. The predicted molar refractivity (Wildman–Crippen MR) is 76.4 cm³/mol. The summed E-state index contributed by atoms with van der Waals surface area (Å²) in [5.41, 5.74) is -3.32. The number of nitrogens with one attached hydrogen (secondary N) is 1. The van der Waals surface area contributed by atoms with Gasteiger partial charge < -0.3 is 30.8 Å². The number of hydrogen-bond acceptors (Lipinski definition) is 10. The van der Waals surface area contributed by atoms with E-state index in [0.29, 0.717) is 9.13 Å². The Morgan fingerprint density at radius 2 is 1.92 bits per heavy atom. The van der Waals surface area contributed by atoms with E-state index >= 15 is 0 Å². The molecule has 2 heterocycles. The Kier molecular flexibility index (Phi) is 4.73. The molecule has 1 aromatic rings. The van der Waals surface area contributed by atoms with Crippen LogP contribution in [0.15, 0.2) is 9.59 Å². The maximum atomic E-state index is 12.1. The number of nitrogens with zero attached hydrogens (tertiary/aromatic N) is 3. The van der Waals surface area contributed by atoms with Gasteiger partial charge in [0.05, 0.1) is 11.5 Å². The number of aromatic nitrogens is 2. The van der Waals surface area contributed by atoms with Gasteiger partial charge in [-0.05, 0) is 0 Å². The SMILES string of the molecule is Cn1c(=O)c([N+](=O)[O-])c2n(c1=O)[C@H](O)[C@H]([C@H](O)[C@H](O)[C@H](O)CO)N2. The predicted octanol–water partition coefficient (Wildman–Crippen LogP) is -4.18. The van der Waals surface area contributed by atoms with E-state index in [4.69, 9.17) is 5.11 Å². The van der Waals surface area contributed by atoms with Gasteiger partial charge in [0, 0.05) is 7.05 Å². The molecule has 0 radical (unpaired) electrons. The maximum Gasteiger partial charge on any atom is 0.374 e. The fraction of sp³-hybridized carbons (Fsp3) is 0.636. The smallest absolute Gasteiger partial charge is 0.374 e. The second-order valence-electron chi connectivity index (χ2n) is 5.29. The van der Waals surface area contributed by atoms with E-state index in [0.717, 1.165) is 7.05 Å². The Bertz CT molecular complexity index is 772. The van der Waals surface area contributed by atoms with E-state index in [1.54, 1.807) is 0 Å². The number of aliphatic hydroxyl groups excluding tert-OH is 5. The van der Waals surface area contributed by atoms with Crippen molar-refractivity contribution >= 4 is 11.5 Å². The number of fused-ring (bicyclic) bond motifs is 1. The molecule has 6 N–H and O–H groups in total. The summed E-state index contributed by atoms with van der Waals surface area (Å²) in [6, 6.07) is -1.55. The van der Waals surface area contributed by atoms with Crippen LogP contribution in [-0.4, -0.2) is 70.6 Å². The van der Waals surface area contributed by atoms with Gasteiger partial charge in [0.2, 0.25) is 0 Å². The molecule has 0 spiro atoms. The summed E-state index contributed by atoms with van der Waals surface area (Å²) in [6.07, 6.45) is -7.46. The normalized spacial score (nSPS) is 23.2. The number of hydrogen-bond donors (Lipinski definition) is 6. The van der Waals surface area contributed by atoms with Gasteiger partial charge in [-0.15, -0.1) is 0 Å². The molecule has 0 aliphatic carbocycles. The zero-order chi connectivity index (χ0) is 18.3.